The fourth-order valence-electron chi connectivity index (χ4n) is 1.54. The quantitative estimate of drug-likeness (QED) is 0.749. The van der Waals surface area contributed by atoms with Gasteiger partial charge in [0.2, 0.25) is 0 Å². The minimum Gasteiger partial charge on any atom is -0.455 e. The molecule has 4 heteroatoms. The number of carbonyl (C=O) groups is 1. The number of fused-ring (bicyclic) bond motifs is 1. The highest BCUT2D eigenvalue weighted by Crippen LogP contribution is 2.19. The van der Waals surface area contributed by atoms with Crippen molar-refractivity contribution in [3.63, 3.8) is 0 Å². The number of benzene rings is 1. The average molecular weight is 308 g/mol. The first kappa shape index (κ1) is 13.0. The normalized spacial score (nSPS) is 11.6. The third kappa shape index (κ3) is 3.07. The Morgan fingerprint density at radius 1 is 1.22 bits per heavy atom. The first-order valence-corrected chi connectivity index (χ1v) is 6.44. The van der Waals surface area contributed by atoms with Crippen LogP contribution >= 0.6 is 15.9 Å². The minimum atomic E-state index is -0.507. The number of ether oxygens (including phenoxy) is 1. The summed E-state index contributed by atoms with van der Waals surface area (Å²) in [5.41, 5.74) is 0.606. The van der Waals surface area contributed by atoms with Crippen molar-refractivity contribution in [1.29, 1.82) is 0 Å². The number of aromatic nitrogens is 1. The van der Waals surface area contributed by atoms with Gasteiger partial charge in [0.1, 0.15) is 11.3 Å². The summed E-state index contributed by atoms with van der Waals surface area (Å²) < 4.78 is 6.27. The highest BCUT2D eigenvalue weighted by Gasteiger charge is 2.18. The van der Waals surface area contributed by atoms with E-state index < -0.39 is 11.6 Å². The Labute approximate surface area is 114 Å². The summed E-state index contributed by atoms with van der Waals surface area (Å²) in [7, 11) is 0. The van der Waals surface area contributed by atoms with Gasteiger partial charge in [-0.15, -0.1) is 0 Å². The zero-order chi connectivity index (χ0) is 13.3. The van der Waals surface area contributed by atoms with Crippen LogP contribution in [0.1, 0.15) is 31.3 Å². The van der Waals surface area contributed by atoms with Gasteiger partial charge in [-0.3, -0.25) is 0 Å². The minimum absolute atomic E-state index is 0.333. The largest absolute Gasteiger partial charge is 0.455 e. The molecule has 0 aliphatic rings. The third-order valence-corrected chi connectivity index (χ3v) is 2.75. The van der Waals surface area contributed by atoms with E-state index >= 15 is 0 Å². The lowest BCUT2D eigenvalue weighted by Crippen LogP contribution is -2.24. The van der Waals surface area contributed by atoms with Gasteiger partial charge in [0.15, 0.2) is 0 Å². The first-order chi connectivity index (χ1) is 8.35. The van der Waals surface area contributed by atoms with Crippen LogP contribution in [0.3, 0.4) is 0 Å². The zero-order valence-electron chi connectivity index (χ0n) is 10.5. The van der Waals surface area contributed by atoms with Crippen LogP contribution in [0.2, 0.25) is 0 Å². The fraction of sp³-hybridized carbons (Fsp3) is 0.286. The zero-order valence-corrected chi connectivity index (χ0v) is 12.1. The Kier molecular flexibility index (Phi) is 3.39. The van der Waals surface area contributed by atoms with Gasteiger partial charge in [-0.05, 0) is 45.0 Å². The van der Waals surface area contributed by atoms with Crippen LogP contribution in [0.4, 0.5) is 0 Å². The third-order valence-electron chi connectivity index (χ3n) is 2.26. The van der Waals surface area contributed by atoms with Crippen molar-refractivity contribution in [2.24, 2.45) is 0 Å². The Hall–Kier alpha value is -1.42. The molecule has 0 amide bonds. The second kappa shape index (κ2) is 4.69. The van der Waals surface area contributed by atoms with Gasteiger partial charge in [-0.1, -0.05) is 22.0 Å². The SMILES string of the molecule is CC(C)(C)OC(=O)c1ccc2cc(Br)ccc2n1. The van der Waals surface area contributed by atoms with Crippen LogP contribution < -0.4 is 0 Å². The molecule has 0 fully saturated rings. The maximum Gasteiger partial charge on any atom is 0.357 e. The fourth-order valence-corrected chi connectivity index (χ4v) is 1.92. The topological polar surface area (TPSA) is 39.2 Å². The summed E-state index contributed by atoms with van der Waals surface area (Å²) in [6.45, 7) is 5.51. The molecule has 2 rings (SSSR count). The number of esters is 1. The lowest BCUT2D eigenvalue weighted by molar-refractivity contribution is 0.00633. The maximum absolute atomic E-state index is 11.9. The molecule has 0 saturated heterocycles. The molecule has 0 unspecified atom stereocenters. The van der Waals surface area contributed by atoms with Crippen LogP contribution in [-0.2, 0) is 4.74 Å². The van der Waals surface area contributed by atoms with E-state index in [-0.39, 0.29) is 0 Å². The molecule has 0 radical (unpaired) electrons. The van der Waals surface area contributed by atoms with Gasteiger partial charge >= 0.3 is 5.97 Å². The molecule has 0 bridgehead atoms. The summed E-state index contributed by atoms with van der Waals surface area (Å²) in [5.74, 6) is -0.396. The number of carbonyl (C=O) groups excluding carboxylic acids is 1. The van der Waals surface area contributed by atoms with E-state index in [9.17, 15) is 4.79 Å². The van der Waals surface area contributed by atoms with Crippen molar-refractivity contribution < 1.29 is 9.53 Å². The van der Waals surface area contributed by atoms with Crippen molar-refractivity contribution in [2.75, 3.05) is 0 Å². The van der Waals surface area contributed by atoms with Gasteiger partial charge in [0.25, 0.3) is 0 Å². The van der Waals surface area contributed by atoms with Gasteiger partial charge in [-0.25, -0.2) is 9.78 Å². The van der Waals surface area contributed by atoms with E-state index in [4.69, 9.17) is 4.74 Å². The number of rotatable bonds is 1. The van der Waals surface area contributed by atoms with Gasteiger partial charge in [0, 0.05) is 9.86 Å². The monoisotopic (exact) mass is 307 g/mol. The molecule has 3 nitrogen and oxygen atoms in total. The molecule has 2 aromatic rings. The smallest absolute Gasteiger partial charge is 0.357 e. The van der Waals surface area contributed by atoms with E-state index in [1.165, 1.54) is 0 Å². The predicted molar refractivity (Wildman–Crippen MR) is 74.6 cm³/mol. The van der Waals surface area contributed by atoms with Crippen LogP contribution in [-0.4, -0.2) is 16.6 Å². The summed E-state index contributed by atoms with van der Waals surface area (Å²) in [4.78, 5) is 16.2. The van der Waals surface area contributed by atoms with Crippen molar-refractivity contribution in [1.82, 2.24) is 4.98 Å². The molecule has 0 atom stereocenters. The Morgan fingerprint density at radius 2 is 1.94 bits per heavy atom. The van der Waals surface area contributed by atoms with E-state index in [0.29, 0.717) is 5.69 Å². The summed E-state index contributed by atoms with van der Waals surface area (Å²) in [5, 5.41) is 0.983. The van der Waals surface area contributed by atoms with Gasteiger partial charge in [-0.2, -0.15) is 0 Å². The molecule has 0 aliphatic carbocycles. The van der Waals surface area contributed by atoms with Crippen molar-refractivity contribution >= 4 is 32.8 Å². The van der Waals surface area contributed by atoms with Gasteiger partial charge in [0.05, 0.1) is 5.52 Å². The molecule has 18 heavy (non-hydrogen) atoms. The van der Waals surface area contributed by atoms with E-state index in [1.54, 1.807) is 6.07 Å². The first-order valence-electron chi connectivity index (χ1n) is 5.65. The molecule has 0 N–H and O–H groups in total. The summed E-state index contributed by atoms with van der Waals surface area (Å²) in [6, 6.07) is 9.28. The highest BCUT2D eigenvalue weighted by molar-refractivity contribution is 9.10. The molecular weight excluding hydrogens is 294 g/mol. The highest BCUT2D eigenvalue weighted by atomic mass is 79.9. The van der Waals surface area contributed by atoms with E-state index in [2.05, 4.69) is 20.9 Å². The molecule has 0 saturated carbocycles. The number of hydrogen-bond acceptors (Lipinski definition) is 3. The molecule has 1 aromatic carbocycles. The average Bonchev–Trinajstić information content (AvgIpc) is 2.26. The molecule has 94 valence electrons. The molecule has 0 spiro atoms. The Morgan fingerprint density at radius 3 is 2.61 bits per heavy atom. The van der Waals surface area contributed by atoms with Crippen LogP contribution in [0, 0.1) is 0 Å². The Balaban J connectivity index is 2.36. The molecular formula is C14H14BrNO2. The lowest BCUT2D eigenvalue weighted by atomic mass is 10.2. The molecule has 1 heterocycles. The number of halogens is 1. The van der Waals surface area contributed by atoms with Crippen molar-refractivity contribution in [3.8, 4) is 0 Å². The number of hydrogen-bond donors (Lipinski definition) is 0. The van der Waals surface area contributed by atoms with Crippen LogP contribution in [0.25, 0.3) is 10.9 Å². The van der Waals surface area contributed by atoms with Crippen molar-refractivity contribution in [3.05, 3.63) is 40.5 Å². The van der Waals surface area contributed by atoms with E-state index in [1.807, 2.05) is 45.0 Å². The second-order valence-electron chi connectivity index (χ2n) is 5.04. The van der Waals surface area contributed by atoms with Crippen molar-refractivity contribution in [2.45, 2.75) is 26.4 Å². The van der Waals surface area contributed by atoms with E-state index in [0.717, 1.165) is 15.4 Å². The summed E-state index contributed by atoms with van der Waals surface area (Å²) >= 11 is 3.40. The standard InChI is InChI=1S/C14H14BrNO2/c1-14(2,3)18-13(17)12-6-4-9-8-10(15)5-7-11(9)16-12/h4-8H,1-3H3. The molecule has 0 aliphatic heterocycles. The predicted octanol–water partition coefficient (Wildman–Crippen LogP) is 3.95. The number of nitrogens with zero attached hydrogens (tertiary/aromatic N) is 1. The Bertz CT molecular complexity index is 602. The van der Waals surface area contributed by atoms with Gasteiger partial charge < -0.3 is 4.74 Å². The van der Waals surface area contributed by atoms with Crippen LogP contribution in [0.15, 0.2) is 34.8 Å². The second-order valence-corrected chi connectivity index (χ2v) is 5.95. The molecule has 1 aromatic heterocycles. The number of pyridine rings is 1. The lowest BCUT2D eigenvalue weighted by Gasteiger charge is -2.19. The maximum atomic E-state index is 11.9. The summed E-state index contributed by atoms with van der Waals surface area (Å²) in [6.07, 6.45) is 0. The van der Waals surface area contributed by atoms with Crippen LogP contribution in [0.5, 0.6) is 0 Å².